The van der Waals surface area contributed by atoms with Crippen LogP contribution in [0.15, 0.2) is 30.6 Å². The van der Waals surface area contributed by atoms with Gasteiger partial charge in [-0.05, 0) is 54.0 Å². The first kappa shape index (κ1) is 12.1. The van der Waals surface area contributed by atoms with Gasteiger partial charge in [-0.3, -0.25) is 4.57 Å². The zero-order valence-corrected chi connectivity index (χ0v) is 12.1. The van der Waals surface area contributed by atoms with E-state index in [1.807, 2.05) is 10.6 Å². The summed E-state index contributed by atoms with van der Waals surface area (Å²) in [6.45, 7) is 0.828. The maximum absolute atomic E-state index is 5.80. The third kappa shape index (κ3) is 2.42. The predicted molar refractivity (Wildman–Crippen MR) is 77.0 cm³/mol. The fourth-order valence-electron chi connectivity index (χ4n) is 2.23. The van der Waals surface area contributed by atoms with Crippen molar-refractivity contribution >= 4 is 22.6 Å². The molecular formula is C13H14IN3O. The molecule has 1 aromatic heterocycles. The second kappa shape index (κ2) is 5.36. The number of nitrogens with zero attached hydrogens (tertiary/aromatic N) is 3. The molecule has 1 saturated heterocycles. The third-order valence-electron chi connectivity index (χ3n) is 3.12. The van der Waals surface area contributed by atoms with Gasteiger partial charge in [0, 0.05) is 15.7 Å². The molecule has 18 heavy (non-hydrogen) atoms. The fraction of sp³-hybridized carbons (Fsp3) is 0.385. The van der Waals surface area contributed by atoms with Crippen LogP contribution in [0.4, 0.5) is 0 Å². The minimum absolute atomic E-state index is 0.0848. The van der Waals surface area contributed by atoms with Crippen LogP contribution in [-0.4, -0.2) is 21.4 Å². The van der Waals surface area contributed by atoms with Crippen LogP contribution in [0.25, 0.3) is 11.4 Å². The normalized spacial score (nSPS) is 19.9. The summed E-state index contributed by atoms with van der Waals surface area (Å²) in [5.41, 5.74) is 1.09. The maximum Gasteiger partial charge on any atom is 0.165 e. The van der Waals surface area contributed by atoms with Crippen LogP contribution < -0.4 is 0 Å². The monoisotopic (exact) mass is 355 g/mol. The number of halogens is 1. The molecule has 1 aliphatic rings. The van der Waals surface area contributed by atoms with E-state index >= 15 is 0 Å². The minimum Gasteiger partial charge on any atom is -0.358 e. The topological polar surface area (TPSA) is 39.9 Å². The van der Waals surface area contributed by atoms with Crippen LogP contribution in [-0.2, 0) is 4.74 Å². The Morgan fingerprint density at radius 1 is 1.33 bits per heavy atom. The molecule has 1 aliphatic heterocycles. The Bertz CT molecular complexity index is 535. The maximum atomic E-state index is 5.80. The Morgan fingerprint density at radius 3 is 3.06 bits per heavy atom. The quantitative estimate of drug-likeness (QED) is 0.777. The highest BCUT2D eigenvalue weighted by atomic mass is 127. The van der Waals surface area contributed by atoms with E-state index in [2.05, 4.69) is 51.0 Å². The molecule has 94 valence electrons. The van der Waals surface area contributed by atoms with E-state index in [1.165, 1.54) is 9.99 Å². The van der Waals surface area contributed by atoms with Gasteiger partial charge in [-0.2, -0.15) is 0 Å². The molecular weight excluding hydrogens is 341 g/mol. The van der Waals surface area contributed by atoms with Gasteiger partial charge in [-0.1, -0.05) is 12.1 Å². The van der Waals surface area contributed by atoms with Crippen molar-refractivity contribution in [1.29, 1.82) is 0 Å². The summed E-state index contributed by atoms with van der Waals surface area (Å²) in [5, 5.41) is 8.27. The SMILES string of the molecule is Ic1cccc(-c2nncn2C2CCCCO2)c1. The molecule has 2 aromatic rings. The number of benzene rings is 1. The Balaban J connectivity index is 1.95. The lowest BCUT2D eigenvalue weighted by molar-refractivity contribution is -0.0311. The lowest BCUT2D eigenvalue weighted by Gasteiger charge is -2.24. The highest BCUT2D eigenvalue weighted by Crippen LogP contribution is 2.27. The number of rotatable bonds is 2. The van der Waals surface area contributed by atoms with Gasteiger partial charge in [0.1, 0.15) is 12.6 Å². The summed E-state index contributed by atoms with van der Waals surface area (Å²) in [6.07, 6.45) is 5.24. The lowest BCUT2D eigenvalue weighted by Crippen LogP contribution is -2.18. The minimum atomic E-state index is 0.0848. The van der Waals surface area contributed by atoms with Crippen molar-refractivity contribution in [1.82, 2.24) is 14.8 Å². The largest absolute Gasteiger partial charge is 0.358 e. The average Bonchev–Trinajstić information content (AvgIpc) is 2.89. The van der Waals surface area contributed by atoms with E-state index < -0.39 is 0 Å². The second-order valence-corrected chi connectivity index (χ2v) is 5.64. The summed E-state index contributed by atoms with van der Waals surface area (Å²) < 4.78 is 9.04. The van der Waals surface area contributed by atoms with Gasteiger partial charge in [0.25, 0.3) is 0 Å². The Labute approximate surface area is 120 Å². The van der Waals surface area contributed by atoms with Crippen LogP contribution in [0.3, 0.4) is 0 Å². The van der Waals surface area contributed by atoms with E-state index in [1.54, 1.807) is 6.33 Å². The van der Waals surface area contributed by atoms with E-state index in [0.29, 0.717) is 0 Å². The van der Waals surface area contributed by atoms with Gasteiger partial charge in [0.05, 0.1) is 0 Å². The van der Waals surface area contributed by atoms with Crippen molar-refractivity contribution in [2.24, 2.45) is 0 Å². The van der Waals surface area contributed by atoms with E-state index in [4.69, 9.17) is 4.74 Å². The van der Waals surface area contributed by atoms with E-state index in [0.717, 1.165) is 30.8 Å². The Hall–Kier alpha value is -0.950. The molecule has 0 aliphatic carbocycles. The highest BCUT2D eigenvalue weighted by Gasteiger charge is 2.19. The molecule has 2 heterocycles. The van der Waals surface area contributed by atoms with Crippen molar-refractivity contribution in [3.8, 4) is 11.4 Å². The second-order valence-electron chi connectivity index (χ2n) is 4.39. The summed E-state index contributed by atoms with van der Waals surface area (Å²) in [4.78, 5) is 0. The van der Waals surface area contributed by atoms with Crippen molar-refractivity contribution < 1.29 is 4.74 Å². The van der Waals surface area contributed by atoms with Crippen LogP contribution in [0.5, 0.6) is 0 Å². The Kier molecular flexibility index (Phi) is 3.60. The van der Waals surface area contributed by atoms with Gasteiger partial charge in [-0.15, -0.1) is 10.2 Å². The predicted octanol–water partition coefficient (Wildman–Crippen LogP) is 3.25. The van der Waals surface area contributed by atoms with Gasteiger partial charge < -0.3 is 4.74 Å². The fourth-order valence-corrected chi connectivity index (χ4v) is 2.77. The molecule has 1 fully saturated rings. The van der Waals surface area contributed by atoms with E-state index in [9.17, 15) is 0 Å². The molecule has 5 heteroatoms. The van der Waals surface area contributed by atoms with Crippen LogP contribution in [0, 0.1) is 3.57 Å². The van der Waals surface area contributed by atoms with Gasteiger partial charge in [0.15, 0.2) is 5.82 Å². The molecule has 1 unspecified atom stereocenters. The molecule has 1 aromatic carbocycles. The lowest BCUT2D eigenvalue weighted by atomic mass is 10.1. The summed E-state index contributed by atoms with van der Waals surface area (Å²) in [6, 6.07) is 8.29. The van der Waals surface area contributed by atoms with Crippen LogP contribution >= 0.6 is 22.6 Å². The number of aromatic nitrogens is 3. The molecule has 0 N–H and O–H groups in total. The van der Waals surface area contributed by atoms with Crippen LogP contribution in [0.2, 0.25) is 0 Å². The smallest absolute Gasteiger partial charge is 0.165 e. The molecule has 0 amide bonds. The average molecular weight is 355 g/mol. The van der Waals surface area contributed by atoms with Gasteiger partial charge in [0.2, 0.25) is 0 Å². The third-order valence-corrected chi connectivity index (χ3v) is 3.79. The number of hydrogen-bond acceptors (Lipinski definition) is 3. The molecule has 1 atom stereocenters. The molecule has 0 saturated carbocycles. The van der Waals surface area contributed by atoms with Crippen molar-refractivity contribution in [2.75, 3.05) is 6.61 Å². The first-order valence-electron chi connectivity index (χ1n) is 6.11. The molecule has 0 radical (unpaired) electrons. The zero-order valence-electron chi connectivity index (χ0n) is 9.92. The zero-order chi connectivity index (χ0) is 12.4. The first-order chi connectivity index (χ1) is 8.84. The number of hydrogen-bond donors (Lipinski definition) is 0. The number of ether oxygens (including phenoxy) is 1. The summed E-state index contributed by atoms with van der Waals surface area (Å²) in [5.74, 6) is 0.889. The van der Waals surface area contributed by atoms with E-state index in [-0.39, 0.29) is 6.23 Å². The molecule has 0 bridgehead atoms. The highest BCUT2D eigenvalue weighted by molar-refractivity contribution is 14.1. The summed E-state index contributed by atoms with van der Waals surface area (Å²) in [7, 11) is 0. The van der Waals surface area contributed by atoms with Crippen molar-refractivity contribution in [3.05, 3.63) is 34.2 Å². The van der Waals surface area contributed by atoms with Crippen LogP contribution in [0.1, 0.15) is 25.5 Å². The molecule has 4 nitrogen and oxygen atoms in total. The standard InChI is InChI=1S/C13H14IN3O/c14-11-5-3-4-10(8-11)13-16-15-9-17(13)12-6-1-2-7-18-12/h3-5,8-9,12H,1-2,6-7H2. The molecule has 0 spiro atoms. The van der Waals surface area contributed by atoms with Gasteiger partial charge in [-0.25, -0.2) is 0 Å². The van der Waals surface area contributed by atoms with Crippen molar-refractivity contribution in [2.45, 2.75) is 25.5 Å². The first-order valence-corrected chi connectivity index (χ1v) is 7.19. The van der Waals surface area contributed by atoms with Gasteiger partial charge >= 0.3 is 0 Å². The Morgan fingerprint density at radius 2 is 2.28 bits per heavy atom. The molecule has 3 rings (SSSR count). The summed E-state index contributed by atoms with van der Waals surface area (Å²) >= 11 is 2.31. The van der Waals surface area contributed by atoms with Crippen molar-refractivity contribution in [3.63, 3.8) is 0 Å².